The van der Waals surface area contributed by atoms with E-state index in [4.69, 9.17) is 37.4 Å². The Morgan fingerprint density at radius 2 is 1.91 bits per heavy atom. The van der Waals surface area contributed by atoms with Crippen molar-refractivity contribution in [2.45, 2.75) is 44.6 Å². The number of ether oxygens (including phenoxy) is 3. The fourth-order valence-corrected chi connectivity index (χ4v) is 5.38. The van der Waals surface area contributed by atoms with Gasteiger partial charge in [0.15, 0.2) is 5.54 Å². The molecule has 0 unspecified atom stereocenters. The van der Waals surface area contributed by atoms with Gasteiger partial charge in [0.1, 0.15) is 6.61 Å². The Bertz CT molecular complexity index is 1160. The van der Waals surface area contributed by atoms with Crippen molar-refractivity contribution in [3.8, 4) is 0 Å². The summed E-state index contributed by atoms with van der Waals surface area (Å²) < 4.78 is 17.1. The minimum Gasteiger partial charge on any atom is -0.466 e. The summed E-state index contributed by atoms with van der Waals surface area (Å²) in [6.07, 6.45) is -0.950. The van der Waals surface area contributed by atoms with Crippen LogP contribution in [0.3, 0.4) is 0 Å². The molecule has 2 aliphatic rings. The predicted octanol–water partition coefficient (Wildman–Crippen LogP) is 6.06. The Morgan fingerprint density at radius 3 is 2.57 bits per heavy atom. The first-order valence-corrected chi connectivity index (χ1v) is 12.1. The summed E-state index contributed by atoms with van der Waals surface area (Å²) >= 11 is 12.2. The quantitative estimate of drug-likeness (QED) is 0.173. The number of rotatable bonds is 9. The summed E-state index contributed by atoms with van der Waals surface area (Å²) in [5.74, 6) is -2.46. The van der Waals surface area contributed by atoms with Crippen LogP contribution in [0.5, 0.6) is 0 Å². The average Bonchev–Trinajstić information content (AvgIpc) is 3.48. The molecule has 184 valence electrons. The van der Waals surface area contributed by atoms with Crippen molar-refractivity contribution < 1.29 is 23.8 Å². The lowest BCUT2D eigenvalue weighted by Gasteiger charge is -2.34. The van der Waals surface area contributed by atoms with E-state index in [1.807, 2.05) is 37.3 Å². The van der Waals surface area contributed by atoms with Gasteiger partial charge in [-0.2, -0.15) is 0 Å². The van der Waals surface area contributed by atoms with Gasteiger partial charge in [0.05, 0.1) is 34.8 Å². The molecule has 2 aromatic rings. The highest BCUT2D eigenvalue weighted by atomic mass is 35.5. The molecule has 2 aromatic carbocycles. The van der Waals surface area contributed by atoms with Gasteiger partial charge >= 0.3 is 11.9 Å². The van der Waals surface area contributed by atoms with E-state index in [0.29, 0.717) is 16.5 Å². The second kappa shape index (κ2) is 10.5. The number of fused-ring (bicyclic) bond motifs is 1. The van der Waals surface area contributed by atoms with Crippen LogP contribution >= 0.6 is 23.2 Å². The van der Waals surface area contributed by atoms with E-state index < -0.39 is 41.5 Å². The molecular weight excluding hydrogens is 493 g/mol. The molecule has 0 N–H and O–H groups in total. The van der Waals surface area contributed by atoms with Crippen LogP contribution in [0.2, 0.25) is 10.0 Å². The molecule has 8 nitrogen and oxygen atoms in total. The maximum atomic E-state index is 13.6. The van der Waals surface area contributed by atoms with E-state index >= 15 is 0 Å². The molecule has 2 fully saturated rings. The first-order valence-electron chi connectivity index (χ1n) is 11.4. The zero-order valence-electron chi connectivity index (χ0n) is 19.3. The van der Waals surface area contributed by atoms with Gasteiger partial charge in [-0.15, -0.1) is 0 Å². The molecule has 2 aliphatic carbocycles. The standard InChI is InChI=1S/C25H25Cl2N3O5/c1-3-33-23(31)21-17-12-20(35-14(2)16-9-10-18(26)19(27)11-16)25(22(17)21,29-30-28)24(32)34-13-15-7-5-4-6-8-15/h4-11,14,17,20-22H,3,12-13H2,1-2H3/t14-,17-,20+,21-,22-,25-/m0/s1. The average molecular weight is 518 g/mol. The Morgan fingerprint density at radius 1 is 1.17 bits per heavy atom. The number of carbonyl (C=O) groups excluding carboxylic acids is 2. The van der Waals surface area contributed by atoms with Crippen LogP contribution in [0.15, 0.2) is 53.6 Å². The Labute approximate surface area is 213 Å². The largest absolute Gasteiger partial charge is 0.466 e. The fraction of sp³-hybridized carbons (Fsp3) is 0.440. The third-order valence-electron chi connectivity index (χ3n) is 6.74. The van der Waals surface area contributed by atoms with Crippen LogP contribution in [0.1, 0.15) is 37.5 Å². The predicted molar refractivity (Wildman–Crippen MR) is 130 cm³/mol. The molecule has 0 saturated heterocycles. The summed E-state index contributed by atoms with van der Waals surface area (Å²) in [4.78, 5) is 29.1. The minimum atomic E-state index is -1.70. The molecule has 0 aliphatic heterocycles. The smallest absolute Gasteiger partial charge is 0.321 e. The molecule has 35 heavy (non-hydrogen) atoms. The Kier molecular flexibility index (Phi) is 7.57. The number of esters is 2. The molecule has 0 aromatic heterocycles. The van der Waals surface area contributed by atoms with Gasteiger partial charge in [-0.1, -0.05) is 64.7 Å². The highest BCUT2D eigenvalue weighted by Crippen LogP contribution is 2.65. The van der Waals surface area contributed by atoms with E-state index in [0.717, 1.165) is 11.1 Å². The highest BCUT2D eigenvalue weighted by Gasteiger charge is 2.76. The van der Waals surface area contributed by atoms with E-state index in [9.17, 15) is 15.1 Å². The molecule has 0 bridgehead atoms. The number of halogens is 2. The topological polar surface area (TPSA) is 111 Å². The minimum absolute atomic E-state index is 0.00109. The van der Waals surface area contributed by atoms with Crippen LogP contribution < -0.4 is 0 Å². The second-order valence-corrected chi connectivity index (χ2v) is 9.53. The van der Waals surface area contributed by atoms with E-state index in [-0.39, 0.29) is 19.1 Å². The maximum Gasteiger partial charge on any atom is 0.321 e. The first-order chi connectivity index (χ1) is 16.8. The summed E-state index contributed by atoms with van der Waals surface area (Å²) in [6, 6.07) is 14.3. The van der Waals surface area contributed by atoms with Gasteiger partial charge in [0, 0.05) is 10.8 Å². The Balaban J connectivity index is 1.62. The number of carbonyl (C=O) groups is 2. The van der Waals surface area contributed by atoms with Crippen LogP contribution in [0, 0.1) is 17.8 Å². The highest BCUT2D eigenvalue weighted by molar-refractivity contribution is 6.42. The molecular formula is C25H25Cl2N3O5. The number of nitrogens with zero attached hydrogens (tertiary/aromatic N) is 3. The third-order valence-corrected chi connectivity index (χ3v) is 7.48. The van der Waals surface area contributed by atoms with Crippen molar-refractivity contribution in [1.29, 1.82) is 0 Å². The van der Waals surface area contributed by atoms with E-state index in [1.54, 1.807) is 25.1 Å². The lowest BCUT2D eigenvalue weighted by atomic mass is 9.88. The summed E-state index contributed by atoms with van der Waals surface area (Å²) in [7, 11) is 0. The SMILES string of the molecule is CCOC(=O)[C@H]1[C@@H]2C[C@@H](O[C@@H](C)c3ccc(Cl)c(Cl)c3)[C@@](N=[N+]=[N-])(C(=O)OCc3ccccc3)[C@@H]21. The van der Waals surface area contributed by atoms with Crippen molar-refractivity contribution >= 4 is 35.1 Å². The molecule has 0 heterocycles. The normalized spacial score (nSPS) is 27.3. The molecule has 0 amide bonds. The lowest BCUT2D eigenvalue weighted by Crippen LogP contribution is -2.50. The molecule has 2 saturated carbocycles. The monoisotopic (exact) mass is 517 g/mol. The second-order valence-electron chi connectivity index (χ2n) is 8.72. The van der Waals surface area contributed by atoms with Crippen molar-refractivity contribution in [3.63, 3.8) is 0 Å². The molecule has 10 heteroatoms. The molecule has 0 radical (unpaired) electrons. The van der Waals surface area contributed by atoms with Gasteiger partial charge in [0.25, 0.3) is 0 Å². The van der Waals surface area contributed by atoms with Gasteiger partial charge < -0.3 is 14.2 Å². The Hall–Kier alpha value is -2.77. The lowest BCUT2D eigenvalue weighted by molar-refractivity contribution is -0.162. The van der Waals surface area contributed by atoms with E-state index in [2.05, 4.69) is 10.0 Å². The van der Waals surface area contributed by atoms with Crippen LogP contribution in [-0.4, -0.2) is 30.2 Å². The van der Waals surface area contributed by atoms with Crippen molar-refractivity contribution in [2.75, 3.05) is 6.61 Å². The summed E-state index contributed by atoms with van der Waals surface area (Å²) in [5.41, 5.74) is 9.30. The van der Waals surface area contributed by atoms with Gasteiger partial charge in [-0.05, 0) is 55.0 Å². The van der Waals surface area contributed by atoms with Crippen LogP contribution in [0.25, 0.3) is 10.4 Å². The van der Waals surface area contributed by atoms with Gasteiger partial charge in [-0.3, -0.25) is 9.59 Å². The summed E-state index contributed by atoms with van der Waals surface area (Å²) in [6.45, 7) is 3.74. The fourth-order valence-electron chi connectivity index (χ4n) is 5.07. The number of azide groups is 1. The van der Waals surface area contributed by atoms with Crippen LogP contribution in [-0.2, 0) is 30.4 Å². The van der Waals surface area contributed by atoms with Crippen molar-refractivity contribution in [1.82, 2.24) is 0 Å². The first kappa shape index (κ1) is 25.3. The van der Waals surface area contributed by atoms with Gasteiger partial charge in [0.2, 0.25) is 0 Å². The summed E-state index contributed by atoms with van der Waals surface area (Å²) in [5, 5.41) is 4.76. The number of hydrogen-bond acceptors (Lipinski definition) is 6. The van der Waals surface area contributed by atoms with Crippen molar-refractivity contribution in [2.24, 2.45) is 22.9 Å². The zero-order chi connectivity index (χ0) is 25.2. The van der Waals surface area contributed by atoms with E-state index in [1.165, 1.54) is 0 Å². The van der Waals surface area contributed by atoms with Crippen molar-refractivity contribution in [3.05, 3.63) is 80.1 Å². The number of hydrogen-bond donors (Lipinski definition) is 0. The molecule has 4 rings (SSSR count). The third kappa shape index (κ3) is 4.84. The van der Waals surface area contributed by atoms with Gasteiger partial charge in [-0.25, -0.2) is 0 Å². The van der Waals surface area contributed by atoms with Crippen LogP contribution in [0.4, 0.5) is 0 Å². The number of benzene rings is 2. The maximum absolute atomic E-state index is 13.6. The zero-order valence-corrected chi connectivity index (χ0v) is 20.8. The molecule has 0 spiro atoms. The molecule has 6 atom stereocenters.